The quantitative estimate of drug-likeness (QED) is 0.730. The normalized spacial score (nSPS) is 20.7. The van der Waals surface area contributed by atoms with E-state index in [4.69, 9.17) is 5.73 Å². The van der Waals surface area contributed by atoms with Crippen molar-refractivity contribution in [2.75, 3.05) is 0 Å². The molecular formula is C13H14N2O4. The molecule has 1 heterocycles. The minimum absolute atomic E-state index is 0.0837. The van der Waals surface area contributed by atoms with Crippen molar-refractivity contribution in [3.63, 3.8) is 0 Å². The van der Waals surface area contributed by atoms with Gasteiger partial charge in [0.15, 0.2) is 0 Å². The molecule has 2 amide bonds. The van der Waals surface area contributed by atoms with E-state index >= 15 is 0 Å². The number of nitrogens with two attached hydrogens (primary N) is 1. The van der Waals surface area contributed by atoms with Gasteiger partial charge in [0.05, 0.1) is 12.5 Å². The zero-order chi connectivity index (χ0) is 14.0. The number of carbonyl (C=O) groups excluding carboxylic acids is 2. The first-order chi connectivity index (χ1) is 9.00. The number of benzene rings is 1. The zero-order valence-corrected chi connectivity index (χ0v) is 10.2. The maximum atomic E-state index is 11.8. The van der Waals surface area contributed by atoms with Gasteiger partial charge in [0.25, 0.3) is 0 Å². The van der Waals surface area contributed by atoms with Crippen LogP contribution in [0.15, 0.2) is 30.3 Å². The van der Waals surface area contributed by atoms with Gasteiger partial charge in [-0.25, -0.2) is 4.79 Å². The van der Waals surface area contributed by atoms with Crippen molar-refractivity contribution >= 4 is 17.8 Å². The molecule has 1 aliphatic rings. The van der Waals surface area contributed by atoms with E-state index in [9.17, 15) is 19.5 Å². The number of likely N-dealkylation sites (tertiary alicyclic amines) is 1. The van der Waals surface area contributed by atoms with E-state index in [1.165, 1.54) is 0 Å². The van der Waals surface area contributed by atoms with Crippen molar-refractivity contribution in [1.82, 2.24) is 4.90 Å². The number of carbonyl (C=O) groups is 3. The third kappa shape index (κ3) is 2.63. The summed E-state index contributed by atoms with van der Waals surface area (Å²) in [6, 6.07) is 6.73. The fourth-order valence-electron chi connectivity index (χ4n) is 2.13. The molecule has 1 saturated heterocycles. The Kier molecular flexibility index (Phi) is 3.62. The van der Waals surface area contributed by atoms with Crippen LogP contribution in [0.1, 0.15) is 12.0 Å². The zero-order valence-electron chi connectivity index (χ0n) is 10.2. The molecule has 1 aromatic carbocycles. The van der Waals surface area contributed by atoms with Gasteiger partial charge in [0, 0.05) is 6.42 Å². The highest BCUT2D eigenvalue weighted by atomic mass is 16.4. The predicted molar refractivity (Wildman–Crippen MR) is 66.0 cm³/mol. The largest absolute Gasteiger partial charge is 0.480 e. The molecule has 0 radical (unpaired) electrons. The molecule has 0 saturated carbocycles. The van der Waals surface area contributed by atoms with Crippen LogP contribution in [-0.2, 0) is 20.8 Å². The average molecular weight is 262 g/mol. The summed E-state index contributed by atoms with van der Waals surface area (Å²) in [5.41, 5.74) is 6.23. The van der Waals surface area contributed by atoms with Crippen LogP contribution in [0.4, 0.5) is 0 Å². The molecule has 1 aromatic rings. The van der Waals surface area contributed by atoms with Gasteiger partial charge in [0.1, 0.15) is 6.04 Å². The number of aliphatic carboxylic acids is 1. The van der Waals surface area contributed by atoms with Crippen LogP contribution in [0.3, 0.4) is 0 Å². The molecule has 0 aliphatic carbocycles. The van der Waals surface area contributed by atoms with Gasteiger partial charge in [-0.3, -0.25) is 14.5 Å². The van der Waals surface area contributed by atoms with Crippen molar-refractivity contribution in [2.45, 2.75) is 24.9 Å². The first kappa shape index (κ1) is 13.2. The lowest BCUT2D eigenvalue weighted by Gasteiger charge is -2.22. The molecule has 0 aromatic heterocycles. The van der Waals surface area contributed by atoms with E-state index in [1.54, 1.807) is 30.3 Å². The van der Waals surface area contributed by atoms with Gasteiger partial charge < -0.3 is 10.8 Å². The molecule has 1 aliphatic heterocycles. The number of carboxylic acid groups (broad SMARTS) is 1. The highest BCUT2D eigenvalue weighted by Gasteiger charge is 2.43. The van der Waals surface area contributed by atoms with Crippen LogP contribution >= 0.6 is 0 Å². The lowest BCUT2D eigenvalue weighted by atomic mass is 10.0. The third-order valence-corrected chi connectivity index (χ3v) is 3.09. The Hall–Kier alpha value is -2.21. The molecule has 100 valence electrons. The molecule has 1 fully saturated rings. The predicted octanol–water partition coefficient (Wildman–Crippen LogP) is -0.232. The van der Waals surface area contributed by atoms with Crippen molar-refractivity contribution in [1.29, 1.82) is 0 Å². The summed E-state index contributed by atoms with van der Waals surface area (Å²) in [7, 11) is 0. The van der Waals surface area contributed by atoms with E-state index in [-0.39, 0.29) is 12.8 Å². The number of imide groups is 1. The number of nitrogens with zero attached hydrogens (tertiary/aromatic N) is 1. The maximum Gasteiger partial charge on any atom is 0.327 e. The monoisotopic (exact) mass is 262 g/mol. The summed E-state index contributed by atoms with van der Waals surface area (Å²) in [5.74, 6) is -2.35. The molecule has 0 bridgehead atoms. The molecule has 6 heteroatoms. The SMILES string of the molecule is NC1CC(=O)N([C@@H](Cc2ccccc2)C(=O)O)C1=O. The van der Waals surface area contributed by atoms with Gasteiger partial charge >= 0.3 is 5.97 Å². The smallest absolute Gasteiger partial charge is 0.327 e. The highest BCUT2D eigenvalue weighted by molar-refractivity contribution is 6.07. The number of carboxylic acids is 1. The number of hydrogen-bond acceptors (Lipinski definition) is 4. The van der Waals surface area contributed by atoms with Crippen LogP contribution in [0.2, 0.25) is 0 Å². The van der Waals surface area contributed by atoms with Crippen molar-refractivity contribution in [3.8, 4) is 0 Å². The molecule has 2 atom stereocenters. The second-order valence-electron chi connectivity index (χ2n) is 4.46. The first-order valence-corrected chi connectivity index (χ1v) is 5.89. The van der Waals surface area contributed by atoms with E-state index in [2.05, 4.69) is 0 Å². The van der Waals surface area contributed by atoms with Gasteiger partial charge in [-0.15, -0.1) is 0 Å². The van der Waals surface area contributed by atoms with E-state index < -0.39 is 29.9 Å². The second kappa shape index (κ2) is 5.19. The van der Waals surface area contributed by atoms with Gasteiger partial charge in [-0.1, -0.05) is 30.3 Å². The maximum absolute atomic E-state index is 11.8. The summed E-state index contributed by atoms with van der Waals surface area (Å²) < 4.78 is 0. The lowest BCUT2D eigenvalue weighted by Crippen LogP contribution is -2.47. The summed E-state index contributed by atoms with van der Waals surface area (Å²) in [5, 5.41) is 9.23. The molecule has 0 spiro atoms. The van der Waals surface area contributed by atoms with Crippen LogP contribution in [0.25, 0.3) is 0 Å². The topological polar surface area (TPSA) is 101 Å². The Morgan fingerprint density at radius 1 is 1.37 bits per heavy atom. The van der Waals surface area contributed by atoms with Crippen molar-refractivity contribution in [2.24, 2.45) is 5.73 Å². The molecule has 2 rings (SSSR count). The van der Waals surface area contributed by atoms with Crippen molar-refractivity contribution < 1.29 is 19.5 Å². The van der Waals surface area contributed by atoms with E-state index in [1.807, 2.05) is 0 Å². The Balaban J connectivity index is 2.24. The van der Waals surface area contributed by atoms with Crippen molar-refractivity contribution in [3.05, 3.63) is 35.9 Å². The summed E-state index contributed by atoms with van der Waals surface area (Å²) in [6.07, 6.45) is -0.0439. The second-order valence-corrected chi connectivity index (χ2v) is 4.46. The Bertz CT molecular complexity index is 515. The standard InChI is InChI=1S/C13H14N2O4/c14-9-7-11(16)15(12(9)17)10(13(18)19)6-8-4-2-1-3-5-8/h1-5,9-10H,6-7,14H2,(H,18,19)/t9?,10-/m0/s1. The average Bonchev–Trinajstić information content (AvgIpc) is 2.62. The summed E-state index contributed by atoms with van der Waals surface area (Å²) in [6.45, 7) is 0. The van der Waals surface area contributed by atoms with Gasteiger partial charge in [-0.2, -0.15) is 0 Å². The van der Waals surface area contributed by atoms with Crippen LogP contribution in [0.5, 0.6) is 0 Å². The minimum Gasteiger partial charge on any atom is -0.480 e. The Labute approximate surface area is 109 Å². The first-order valence-electron chi connectivity index (χ1n) is 5.89. The van der Waals surface area contributed by atoms with Gasteiger partial charge in [0.2, 0.25) is 11.8 Å². The fourth-order valence-corrected chi connectivity index (χ4v) is 2.13. The van der Waals surface area contributed by atoms with Crippen LogP contribution < -0.4 is 5.73 Å². The lowest BCUT2D eigenvalue weighted by molar-refractivity contribution is -0.154. The number of hydrogen-bond donors (Lipinski definition) is 2. The number of amides is 2. The molecular weight excluding hydrogens is 248 g/mol. The highest BCUT2D eigenvalue weighted by Crippen LogP contribution is 2.18. The Morgan fingerprint density at radius 3 is 2.47 bits per heavy atom. The number of rotatable bonds is 4. The third-order valence-electron chi connectivity index (χ3n) is 3.09. The molecule has 6 nitrogen and oxygen atoms in total. The van der Waals surface area contributed by atoms with Crippen LogP contribution in [0, 0.1) is 0 Å². The molecule has 1 unspecified atom stereocenters. The fraction of sp³-hybridized carbons (Fsp3) is 0.308. The summed E-state index contributed by atoms with van der Waals surface area (Å²) >= 11 is 0. The minimum atomic E-state index is -1.21. The van der Waals surface area contributed by atoms with Crippen LogP contribution in [-0.4, -0.2) is 39.9 Å². The van der Waals surface area contributed by atoms with E-state index in [0.29, 0.717) is 0 Å². The van der Waals surface area contributed by atoms with Gasteiger partial charge in [-0.05, 0) is 5.56 Å². The molecule has 19 heavy (non-hydrogen) atoms. The Morgan fingerprint density at radius 2 is 2.00 bits per heavy atom. The molecule has 3 N–H and O–H groups in total. The van der Waals surface area contributed by atoms with E-state index in [0.717, 1.165) is 10.5 Å². The summed E-state index contributed by atoms with van der Waals surface area (Å²) in [4.78, 5) is 35.5.